The highest BCUT2D eigenvalue weighted by molar-refractivity contribution is 4.91. The van der Waals surface area contributed by atoms with Crippen molar-refractivity contribution in [3.63, 3.8) is 0 Å². The van der Waals surface area contributed by atoms with Gasteiger partial charge in [-0.2, -0.15) is 0 Å². The largest absolute Gasteiger partial charge is 0.374 e. The maximum Gasteiger partial charge on any atom is 0.0634 e. The second kappa shape index (κ2) is 4.86. The van der Waals surface area contributed by atoms with Gasteiger partial charge in [0.05, 0.1) is 12.2 Å². The third-order valence-corrected chi connectivity index (χ3v) is 4.70. The summed E-state index contributed by atoms with van der Waals surface area (Å²) in [6.07, 6.45) is 9.54. The molecule has 5 atom stereocenters. The van der Waals surface area contributed by atoms with Crippen LogP contribution >= 0.6 is 0 Å². The van der Waals surface area contributed by atoms with E-state index in [-0.39, 0.29) is 0 Å². The van der Waals surface area contributed by atoms with Crippen LogP contribution in [0.15, 0.2) is 0 Å². The van der Waals surface area contributed by atoms with E-state index in [0.717, 1.165) is 17.8 Å². The van der Waals surface area contributed by atoms with E-state index in [2.05, 4.69) is 20.8 Å². The van der Waals surface area contributed by atoms with E-state index in [4.69, 9.17) is 4.74 Å². The third-order valence-electron chi connectivity index (χ3n) is 4.70. The summed E-state index contributed by atoms with van der Waals surface area (Å²) in [5, 5.41) is 0. The van der Waals surface area contributed by atoms with Crippen LogP contribution in [0.3, 0.4) is 0 Å². The van der Waals surface area contributed by atoms with Crippen LogP contribution in [0.2, 0.25) is 0 Å². The Morgan fingerprint density at radius 1 is 1.20 bits per heavy atom. The number of rotatable bonds is 5. The molecule has 0 aromatic heterocycles. The molecule has 3 rings (SSSR count). The fourth-order valence-electron chi connectivity index (χ4n) is 3.14. The molecule has 0 amide bonds. The van der Waals surface area contributed by atoms with Crippen molar-refractivity contribution in [1.29, 1.82) is 0 Å². The van der Waals surface area contributed by atoms with Gasteiger partial charge in [0.15, 0.2) is 0 Å². The van der Waals surface area contributed by atoms with Crippen LogP contribution in [0.1, 0.15) is 59.3 Å². The molecule has 2 saturated heterocycles. The average molecular weight is 210 g/mol. The fraction of sp³-hybridized carbons (Fsp3) is 1.00. The van der Waals surface area contributed by atoms with Gasteiger partial charge in [0, 0.05) is 6.42 Å². The molecule has 0 spiro atoms. The lowest BCUT2D eigenvalue weighted by Crippen LogP contribution is -2.49. The van der Waals surface area contributed by atoms with E-state index in [9.17, 15) is 0 Å². The van der Waals surface area contributed by atoms with Gasteiger partial charge in [-0.25, -0.2) is 0 Å². The molecule has 0 N–H and O–H groups in total. The number of hydrogen-bond acceptors (Lipinski definition) is 1. The summed E-state index contributed by atoms with van der Waals surface area (Å²) >= 11 is 0. The molecule has 15 heavy (non-hydrogen) atoms. The molecule has 1 heteroatoms. The van der Waals surface area contributed by atoms with Crippen molar-refractivity contribution in [2.75, 3.05) is 0 Å². The Bertz CT molecular complexity index is 193. The highest BCUT2D eigenvalue weighted by Crippen LogP contribution is 2.43. The molecule has 2 aliphatic heterocycles. The van der Waals surface area contributed by atoms with Gasteiger partial charge in [-0.3, -0.25) is 0 Å². The highest BCUT2D eigenvalue weighted by atomic mass is 16.5. The predicted molar refractivity (Wildman–Crippen MR) is 63.9 cm³/mol. The molecule has 0 aromatic rings. The molecule has 5 unspecified atom stereocenters. The minimum atomic E-state index is 0.635. The van der Waals surface area contributed by atoms with Gasteiger partial charge < -0.3 is 4.74 Å². The molecule has 88 valence electrons. The zero-order valence-corrected chi connectivity index (χ0v) is 10.5. The number of ether oxygens (including phenoxy) is 1. The van der Waals surface area contributed by atoms with E-state index < -0.39 is 0 Å². The molecule has 1 nitrogen and oxygen atoms in total. The third kappa shape index (κ3) is 2.55. The molecular formula is C14H26O. The lowest BCUT2D eigenvalue weighted by molar-refractivity contribution is -0.195. The van der Waals surface area contributed by atoms with Crippen molar-refractivity contribution in [2.24, 2.45) is 17.8 Å². The molecule has 3 fully saturated rings. The summed E-state index contributed by atoms with van der Waals surface area (Å²) in [6, 6.07) is 0. The molecule has 1 saturated carbocycles. The standard InChI is InChI=1S/C14H26O/c1-4-10(2)5-6-11(3)13-8-7-12-9-14(13)15-12/h10-14H,4-9H2,1-3H3. The second-order valence-corrected chi connectivity index (χ2v) is 5.84. The van der Waals surface area contributed by atoms with E-state index in [1.54, 1.807) is 0 Å². The quantitative estimate of drug-likeness (QED) is 0.666. The highest BCUT2D eigenvalue weighted by Gasteiger charge is 2.42. The zero-order chi connectivity index (χ0) is 10.8. The fourth-order valence-corrected chi connectivity index (χ4v) is 3.14. The summed E-state index contributed by atoms with van der Waals surface area (Å²) in [7, 11) is 0. The zero-order valence-electron chi connectivity index (χ0n) is 10.5. The predicted octanol–water partition coefficient (Wildman–Crippen LogP) is 4.02. The number of fused-ring (bicyclic) bond motifs is 2. The van der Waals surface area contributed by atoms with Crippen LogP contribution < -0.4 is 0 Å². The van der Waals surface area contributed by atoms with Gasteiger partial charge in [0.25, 0.3) is 0 Å². The van der Waals surface area contributed by atoms with Gasteiger partial charge in [-0.1, -0.05) is 40.0 Å². The van der Waals surface area contributed by atoms with Crippen molar-refractivity contribution >= 4 is 0 Å². The lowest BCUT2D eigenvalue weighted by Gasteiger charge is -2.49. The maximum atomic E-state index is 5.84. The Morgan fingerprint density at radius 2 is 1.93 bits per heavy atom. The van der Waals surface area contributed by atoms with Gasteiger partial charge in [-0.05, 0) is 30.6 Å². The van der Waals surface area contributed by atoms with Gasteiger partial charge in [-0.15, -0.1) is 0 Å². The summed E-state index contributed by atoms with van der Waals surface area (Å²) < 4.78 is 5.84. The first-order chi connectivity index (χ1) is 7.20. The van der Waals surface area contributed by atoms with Gasteiger partial charge >= 0.3 is 0 Å². The number of hydrogen-bond donors (Lipinski definition) is 0. The first-order valence-corrected chi connectivity index (χ1v) is 6.86. The summed E-state index contributed by atoms with van der Waals surface area (Å²) in [5.74, 6) is 2.66. The topological polar surface area (TPSA) is 9.23 Å². The molecule has 0 aromatic carbocycles. The molecule has 1 aliphatic carbocycles. The Kier molecular flexibility index (Phi) is 3.71. The minimum absolute atomic E-state index is 0.635. The van der Waals surface area contributed by atoms with E-state index in [1.807, 2.05) is 0 Å². The molecule has 2 bridgehead atoms. The normalized spacial score (nSPS) is 38.2. The van der Waals surface area contributed by atoms with Gasteiger partial charge in [0.1, 0.15) is 0 Å². The van der Waals surface area contributed by atoms with E-state index >= 15 is 0 Å². The Labute approximate surface area is 94.6 Å². The monoisotopic (exact) mass is 210 g/mol. The van der Waals surface area contributed by atoms with Crippen LogP contribution in [-0.4, -0.2) is 12.2 Å². The average Bonchev–Trinajstić information content (AvgIpc) is 2.24. The van der Waals surface area contributed by atoms with Crippen LogP contribution in [0.25, 0.3) is 0 Å². The second-order valence-electron chi connectivity index (χ2n) is 5.84. The van der Waals surface area contributed by atoms with Crippen molar-refractivity contribution in [3.05, 3.63) is 0 Å². The molecular weight excluding hydrogens is 184 g/mol. The first-order valence-electron chi connectivity index (χ1n) is 6.86. The Morgan fingerprint density at radius 3 is 2.47 bits per heavy atom. The summed E-state index contributed by atoms with van der Waals surface area (Å²) in [5.41, 5.74) is 0. The SMILES string of the molecule is CCC(C)CCC(C)C1CCC2CC1O2. The van der Waals surface area contributed by atoms with Crippen molar-refractivity contribution in [2.45, 2.75) is 71.5 Å². The van der Waals surface area contributed by atoms with Crippen LogP contribution in [-0.2, 0) is 4.74 Å². The van der Waals surface area contributed by atoms with Gasteiger partial charge in [0.2, 0.25) is 0 Å². The Hall–Kier alpha value is -0.0400. The Balaban J connectivity index is 1.72. The van der Waals surface area contributed by atoms with Crippen molar-refractivity contribution in [1.82, 2.24) is 0 Å². The molecule has 2 heterocycles. The van der Waals surface area contributed by atoms with Crippen molar-refractivity contribution in [3.8, 4) is 0 Å². The van der Waals surface area contributed by atoms with Crippen LogP contribution in [0, 0.1) is 17.8 Å². The lowest BCUT2D eigenvalue weighted by atomic mass is 9.72. The molecule has 0 radical (unpaired) electrons. The molecule has 3 aliphatic rings. The minimum Gasteiger partial charge on any atom is -0.374 e. The smallest absolute Gasteiger partial charge is 0.0634 e. The first kappa shape index (κ1) is 11.4. The van der Waals surface area contributed by atoms with Crippen LogP contribution in [0.4, 0.5) is 0 Å². The van der Waals surface area contributed by atoms with E-state index in [1.165, 1.54) is 38.5 Å². The van der Waals surface area contributed by atoms with Crippen LogP contribution in [0.5, 0.6) is 0 Å². The van der Waals surface area contributed by atoms with Crippen molar-refractivity contribution < 1.29 is 4.74 Å². The maximum absolute atomic E-state index is 5.84. The van der Waals surface area contributed by atoms with E-state index in [0.29, 0.717) is 12.2 Å². The summed E-state index contributed by atoms with van der Waals surface area (Å²) in [6.45, 7) is 7.12. The summed E-state index contributed by atoms with van der Waals surface area (Å²) in [4.78, 5) is 0.